The summed E-state index contributed by atoms with van der Waals surface area (Å²) in [6.45, 7) is 7.98. The fourth-order valence-corrected chi connectivity index (χ4v) is 2.41. The molecule has 0 unspecified atom stereocenters. The zero-order valence-corrected chi connectivity index (χ0v) is 11.9. The highest BCUT2D eigenvalue weighted by atomic mass is 16.1. The summed E-state index contributed by atoms with van der Waals surface area (Å²) in [7, 11) is 0. The van der Waals surface area contributed by atoms with E-state index in [-0.39, 0.29) is 5.91 Å². The highest BCUT2D eigenvalue weighted by Crippen LogP contribution is 2.18. The smallest absolute Gasteiger partial charge is 0.256 e. The van der Waals surface area contributed by atoms with Gasteiger partial charge in [-0.05, 0) is 62.1 Å². The van der Waals surface area contributed by atoms with Crippen LogP contribution in [0.5, 0.6) is 0 Å². The van der Waals surface area contributed by atoms with Gasteiger partial charge in [0.2, 0.25) is 0 Å². The second-order valence-electron chi connectivity index (χ2n) is 5.10. The molecule has 0 bridgehead atoms. The predicted octanol–water partition coefficient (Wildman–Crippen LogP) is 4.17. The van der Waals surface area contributed by atoms with Crippen molar-refractivity contribution < 1.29 is 4.79 Å². The Morgan fingerprint density at radius 1 is 0.895 bits per heavy atom. The van der Waals surface area contributed by atoms with Crippen molar-refractivity contribution in [3.05, 3.63) is 64.2 Å². The molecule has 0 saturated heterocycles. The van der Waals surface area contributed by atoms with Crippen molar-refractivity contribution in [3.8, 4) is 0 Å². The topological polar surface area (TPSA) is 29.1 Å². The van der Waals surface area contributed by atoms with Gasteiger partial charge in [-0.15, -0.1) is 0 Å². The Bertz CT molecular complexity index is 589. The number of benzene rings is 2. The second-order valence-corrected chi connectivity index (χ2v) is 5.10. The first-order valence-corrected chi connectivity index (χ1v) is 6.43. The Balaban J connectivity index is 2.31. The van der Waals surface area contributed by atoms with Crippen LogP contribution in [0.4, 0.5) is 5.69 Å². The number of nitrogens with one attached hydrogen (secondary N) is 1. The van der Waals surface area contributed by atoms with Crippen LogP contribution in [0.2, 0.25) is 0 Å². The number of amides is 1. The summed E-state index contributed by atoms with van der Waals surface area (Å²) in [5.74, 6) is -0.0411. The highest BCUT2D eigenvalue weighted by molar-refractivity contribution is 6.06. The van der Waals surface area contributed by atoms with Gasteiger partial charge in [-0.3, -0.25) is 4.79 Å². The van der Waals surface area contributed by atoms with E-state index in [0.717, 1.165) is 33.5 Å². The van der Waals surface area contributed by atoms with Crippen molar-refractivity contribution in [2.45, 2.75) is 27.7 Å². The fraction of sp³-hybridized carbons (Fsp3) is 0.235. The number of anilines is 1. The van der Waals surface area contributed by atoms with E-state index in [1.54, 1.807) is 0 Å². The first-order chi connectivity index (χ1) is 8.97. The van der Waals surface area contributed by atoms with Crippen molar-refractivity contribution in [3.63, 3.8) is 0 Å². The first kappa shape index (κ1) is 13.3. The van der Waals surface area contributed by atoms with Crippen molar-refractivity contribution in [2.24, 2.45) is 0 Å². The van der Waals surface area contributed by atoms with E-state index >= 15 is 0 Å². The third kappa shape index (κ3) is 3.02. The average Bonchev–Trinajstić information content (AvgIpc) is 2.26. The van der Waals surface area contributed by atoms with Gasteiger partial charge < -0.3 is 5.32 Å². The van der Waals surface area contributed by atoms with Crippen molar-refractivity contribution in [2.75, 3.05) is 5.32 Å². The van der Waals surface area contributed by atoms with Gasteiger partial charge in [-0.2, -0.15) is 0 Å². The predicted molar refractivity (Wildman–Crippen MR) is 79.8 cm³/mol. The van der Waals surface area contributed by atoms with Gasteiger partial charge in [0.1, 0.15) is 0 Å². The van der Waals surface area contributed by atoms with Gasteiger partial charge in [-0.1, -0.05) is 24.3 Å². The normalized spacial score (nSPS) is 10.3. The summed E-state index contributed by atoms with van der Waals surface area (Å²) in [5, 5.41) is 2.98. The molecule has 0 saturated carbocycles. The molecule has 0 spiro atoms. The maximum atomic E-state index is 12.4. The van der Waals surface area contributed by atoms with E-state index in [0.29, 0.717) is 0 Å². The summed E-state index contributed by atoms with van der Waals surface area (Å²) in [5.41, 5.74) is 5.92. The molecule has 1 amide bonds. The standard InChI is InChI=1S/C17H19NO/c1-11-8-12(2)10-15(9-11)18-17(19)16-13(3)6-5-7-14(16)4/h5-10H,1-4H3,(H,18,19). The van der Waals surface area contributed by atoms with E-state index in [1.165, 1.54) is 0 Å². The Morgan fingerprint density at radius 3 is 1.95 bits per heavy atom. The van der Waals surface area contributed by atoms with Crippen LogP contribution in [0, 0.1) is 27.7 Å². The van der Waals surface area contributed by atoms with Crippen LogP contribution in [0.3, 0.4) is 0 Å². The van der Waals surface area contributed by atoms with Gasteiger partial charge in [0.25, 0.3) is 5.91 Å². The lowest BCUT2D eigenvalue weighted by Crippen LogP contribution is -2.15. The number of carbonyl (C=O) groups is 1. The first-order valence-electron chi connectivity index (χ1n) is 6.43. The lowest BCUT2D eigenvalue weighted by Gasteiger charge is -2.11. The van der Waals surface area contributed by atoms with Gasteiger partial charge in [0.05, 0.1) is 0 Å². The summed E-state index contributed by atoms with van der Waals surface area (Å²) >= 11 is 0. The van der Waals surface area contributed by atoms with E-state index in [1.807, 2.05) is 58.0 Å². The van der Waals surface area contributed by atoms with Crippen LogP contribution >= 0.6 is 0 Å². The largest absolute Gasteiger partial charge is 0.322 e. The average molecular weight is 253 g/mol. The van der Waals surface area contributed by atoms with E-state index in [2.05, 4.69) is 11.4 Å². The van der Waals surface area contributed by atoms with Crippen molar-refractivity contribution in [1.29, 1.82) is 0 Å². The molecule has 2 nitrogen and oxygen atoms in total. The maximum absolute atomic E-state index is 12.4. The molecule has 0 aliphatic carbocycles. The van der Waals surface area contributed by atoms with Crippen LogP contribution in [-0.4, -0.2) is 5.91 Å². The number of carbonyl (C=O) groups excluding carboxylic acids is 1. The van der Waals surface area contributed by atoms with Gasteiger partial charge in [0, 0.05) is 11.3 Å². The Kier molecular flexibility index (Phi) is 3.70. The summed E-state index contributed by atoms with van der Waals surface area (Å²) in [6.07, 6.45) is 0. The quantitative estimate of drug-likeness (QED) is 0.855. The van der Waals surface area contributed by atoms with Crippen LogP contribution in [0.15, 0.2) is 36.4 Å². The van der Waals surface area contributed by atoms with Crippen LogP contribution in [0.1, 0.15) is 32.6 Å². The Morgan fingerprint density at radius 2 is 1.42 bits per heavy atom. The Labute approximate surface area is 114 Å². The summed E-state index contributed by atoms with van der Waals surface area (Å²) in [4.78, 5) is 12.4. The lowest BCUT2D eigenvalue weighted by atomic mass is 10.0. The molecular weight excluding hydrogens is 234 g/mol. The molecule has 0 atom stereocenters. The van der Waals surface area contributed by atoms with Crippen molar-refractivity contribution >= 4 is 11.6 Å². The minimum Gasteiger partial charge on any atom is -0.322 e. The zero-order chi connectivity index (χ0) is 14.0. The SMILES string of the molecule is Cc1cc(C)cc(NC(=O)c2c(C)cccc2C)c1. The van der Waals surface area contributed by atoms with Crippen molar-refractivity contribution in [1.82, 2.24) is 0 Å². The molecule has 0 radical (unpaired) electrons. The molecule has 0 aromatic heterocycles. The third-order valence-corrected chi connectivity index (χ3v) is 3.19. The molecule has 2 heteroatoms. The molecule has 98 valence electrons. The fourth-order valence-electron chi connectivity index (χ4n) is 2.41. The molecule has 0 fully saturated rings. The van der Waals surface area contributed by atoms with E-state index in [4.69, 9.17) is 0 Å². The number of hydrogen-bond donors (Lipinski definition) is 1. The molecule has 2 rings (SSSR count). The molecule has 0 heterocycles. The van der Waals surface area contributed by atoms with E-state index < -0.39 is 0 Å². The minimum absolute atomic E-state index is 0.0411. The second kappa shape index (κ2) is 5.27. The highest BCUT2D eigenvalue weighted by Gasteiger charge is 2.12. The maximum Gasteiger partial charge on any atom is 0.256 e. The summed E-state index contributed by atoms with van der Waals surface area (Å²) in [6, 6.07) is 12.0. The van der Waals surface area contributed by atoms with Crippen LogP contribution < -0.4 is 5.32 Å². The molecule has 0 aliphatic heterocycles. The summed E-state index contributed by atoms with van der Waals surface area (Å²) < 4.78 is 0. The third-order valence-electron chi connectivity index (χ3n) is 3.19. The van der Waals surface area contributed by atoms with Gasteiger partial charge in [0.15, 0.2) is 0 Å². The molecular formula is C17H19NO. The minimum atomic E-state index is -0.0411. The molecule has 2 aromatic carbocycles. The molecule has 19 heavy (non-hydrogen) atoms. The number of hydrogen-bond acceptors (Lipinski definition) is 1. The molecule has 0 aliphatic rings. The van der Waals surface area contributed by atoms with Crippen LogP contribution in [-0.2, 0) is 0 Å². The van der Waals surface area contributed by atoms with Crippen LogP contribution in [0.25, 0.3) is 0 Å². The van der Waals surface area contributed by atoms with E-state index in [9.17, 15) is 4.79 Å². The molecule has 1 N–H and O–H groups in total. The number of rotatable bonds is 2. The number of aryl methyl sites for hydroxylation is 4. The van der Waals surface area contributed by atoms with Gasteiger partial charge in [-0.25, -0.2) is 0 Å². The zero-order valence-electron chi connectivity index (χ0n) is 11.9. The molecule has 2 aromatic rings. The Hall–Kier alpha value is -2.09. The monoisotopic (exact) mass is 253 g/mol. The van der Waals surface area contributed by atoms with Gasteiger partial charge >= 0.3 is 0 Å². The lowest BCUT2D eigenvalue weighted by molar-refractivity contribution is 0.102.